The maximum atomic E-state index is 11.8. The van der Waals surface area contributed by atoms with Crippen LogP contribution < -0.4 is 0 Å². The summed E-state index contributed by atoms with van der Waals surface area (Å²) in [6.45, 7) is -0.301. The van der Waals surface area contributed by atoms with E-state index in [1.54, 1.807) is 0 Å². The molecule has 0 aliphatic carbocycles. The Balaban J connectivity index is 2.91. The van der Waals surface area contributed by atoms with Crippen molar-refractivity contribution in [1.82, 2.24) is 4.90 Å². The van der Waals surface area contributed by atoms with Gasteiger partial charge < -0.3 is 10.0 Å². The van der Waals surface area contributed by atoms with Gasteiger partial charge in [0.2, 0.25) is 0 Å². The summed E-state index contributed by atoms with van der Waals surface area (Å²) in [7, 11) is 0. The second-order valence-corrected chi connectivity index (χ2v) is 3.03. The third-order valence-electron chi connectivity index (χ3n) is 1.90. The van der Waals surface area contributed by atoms with Gasteiger partial charge in [-0.15, -0.1) is 0 Å². The summed E-state index contributed by atoms with van der Waals surface area (Å²) in [5, 5.41) is 26.2. The van der Waals surface area contributed by atoms with E-state index in [-0.39, 0.29) is 24.4 Å². The van der Waals surface area contributed by atoms with E-state index in [9.17, 15) is 9.90 Å². The minimum absolute atomic E-state index is 0.0280. The van der Waals surface area contributed by atoms with Crippen LogP contribution in [0.25, 0.3) is 0 Å². The lowest BCUT2D eigenvalue weighted by Gasteiger charge is -2.15. The average Bonchev–Trinajstić information content (AvgIpc) is 2.28. The molecule has 0 heterocycles. The van der Waals surface area contributed by atoms with Crippen LogP contribution in [0.2, 0.25) is 0 Å². The fourth-order valence-corrected chi connectivity index (χ4v) is 1.19. The number of hydrogen-bond donors (Lipinski definition) is 1. The predicted octanol–water partition coefficient (Wildman–Crippen LogP) is 0.882. The van der Waals surface area contributed by atoms with Gasteiger partial charge in [0, 0.05) is 5.56 Å². The van der Waals surface area contributed by atoms with E-state index in [0.717, 1.165) is 4.90 Å². The molecule has 5 heteroatoms. The van der Waals surface area contributed by atoms with Gasteiger partial charge in [-0.2, -0.15) is 10.5 Å². The van der Waals surface area contributed by atoms with Crippen molar-refractivity contribution in [2.45, 2.75) is 0 Å². The number of benzene rings is 1. The molecule has 0 radical (unpaired) electrons. The third-order valence-corrected chi connectivity index (χ3v) is 1.90. The van der Waals surface area contributed by atoms with E-state index in [0.29, 0.717) is 0 Å². The first-order valence-electron chi connectivity index (χ1n) is 4.51. The summed E-state index contributed by atoms with van der Waals surface area (Å²) in [5.41, 5.74) is 0.255. The smallest absolute Gasteiger partial charge is 0.255 e. The summed E-state index contributed by atoms with van der Waals surface area (Å²) < 4.78 is 0. The minimum Gasteiger partial charge on any atom is -0.508 e. The molecule has 0 bridgehead atoms. The molecule has 0 saturated heterocycles. The molecule has 1 rings (SSSR count). The maximum Gasteiger partial charge on any atom is 0.255 e. The molecule has 16 heavy (non-hydrogen) atoms. The quantitative estimate of drug-likeness (QED) is 0.758. The summed E-state index contributed by atoms with van der Waals surface area (Å²) >= 11 is 0. The normalized spacial score (nSPS) is 8.88. The van der Waals surface area contributed by atoms with Gasteiger partial charge >= 0.3 is 0 Å². The minimum atomic E-state index is -0.445. The van der Waals surface area contributed by atoms with E-state index in [4.69, 9.17) is 10.5 Å². The molecular weight excluding hydrogens is 206 g/mol. The van der Waals surface area contributed by atoms with E-state index in [2.05, 4.69) is 0 Å². The maximum absolute atomic E-state index is 11.8. The fraction of sp³-hybridized carbons (Fsp3) is 0.182. The Morgan fingerprint density at radius 1 is 1.31 bits per heavy atom. The lowest BCUT2D eigenvalue weighted by atomic mass is 10.2. The van der Waals surface area contributed by atoms with Crippen molar-refractivity contribution in [2.75, 3.05) is 13.1 Å². The Labute approximate surface area is 92.8 Å². The molecule has 0 aliphatic rings. The van der Waals surface area contributed by atoms with Gasteiger partial charge in [-0.1, -0.05) is 6.07 Å². The van der Waals surface area contributed by atoms with Gasteiger partial charge in [-0.05, 0) is 18.2 Å². The van der Waals surface area contributed by atoms with E-state index in [1.165, 1.54) is 24.3 Å². The molecule has 1 aromatic carbocycles. The SMILES string of the molecule is N#CCN(CC#N)C(=O)c1cccc(O)c1. The highest BCUT2D eigenvalue weighted by Gasteiger charge is 2.15. The van der Waals surface area contributed by atoms with Gasteiger partial charge in [0.25, 0.3) is 5.91 Å². The number of aromatic hydroxyl groups is 1. The van der Waals surface area contributed by atoms with Crippen molar-refractivity contribution in [3.05, 3.63) is 29.8 Å². The van der Waals surface area contributed by atoms with Crippen molar-refractivity contribution in [3.8, 4) is 17.9 Å². The zero-order chi connectivity index (χ0) is 12.0. The monoisotopic (exact) mass is 215 g/mol. The highest BCUT2D eigenvalue weighted by Crippen LogP contribution is 2.12. The van der Waals surface area contributed by atoms with Crippen molar-refractivity contribution < 1.29 is 9.90 Å². The van der Waals surface area contributed by atoms with Crippen LogP contribution >= 0.6 is 0 Å². The topological polar surface area (TPSA) is 88.1 Å². The van der Waals surface area contributed by atoms with Crippen LogP contribution in [0, 0.1) is 22.7 Å². The summed E-state index contributed by atoms with van der Waals surface area (Å²) in [6, 6.07) is 9.40. The van der Waals surface area contributed by atoms with Crippen molar-refractivity contribution in [3.63, 3.8) is 0 Å². The Hall–Kier alpha value is -2.53. The van der Waals surface area contributed by atoms with Gasteiger partial charge in [0.15, 0.2) is 0 Å². The highest BCUT2D eigenvalue weighted by atomic mass is 16.3. The molecule has 5 nitrogen and oxygen atoms in total. The lowest BCUT2D eigenvalue weighted by molar-refractivity contribution is 0.0794. The Morgan fingerprint density at radius 3 is 2.44 bits per heavy atom. The Kier molecular flexibility index (Phi) is 3.88. The van der Waals surface area contributed by atoms with Crippen LogP contribution in [0.4, 0.5) is 0 Å². The van der Waals surface area contributed by atoms with Crippen molar-refractivity contribution in [1.29, 1.82) is 10.5 Å². The molecule has 0 saturated carbocycles. The van der Waals surface area contributed by atoms with Crippen LogP contribution in [-0.4, -0.2) is 29.0 Å². The molecular formula is C11H9N3O2. The average molecular weight is 215 g/mol. The molecule has 0 fully saturated rings. The second kappa shape index (κ2) is 5.38. The van der Waals surface area contributed by atoms with Gasteiger partial charge in [0.1, 0.15) is 18.8 Å². The van der Waals surface area contributed by atoms with Crippen LogP contribution in [0.5, 0.6) is 5.75 Å². The molecule has 0 unspecified atom stereocenters. The first kappa shape index (κ1) is 11.5. The van der Waals surface area contributed by atoms with Crippen LogP contribution in [-0.2, 0) is 0 Å². The van der Waals surface area contributed by atoms with Crippen LogP contribution in [0.3, 0.4) is 0 Å². The molecule has 0 aromatic heterocycles. The molecule has 1 N–H and O–H groups in total. The van der Waals surface area contributed by atoms with Crippen molar-refractivity contribution in [2.24, 2.45) is 0 Å². The van der Waals surface area contributed by atoms with E-state index in [1.807, 2.05) is 12.1 Å². The molecule has 1 aromatic rings. The zero-order valence-electron chi connectivity index (χ0n) is 8.42. The van der Waals surface area contributed by atoms with Gasteiger partial charge in [-0.25, -0.2) is 0 Å². The number of carbonyl (C=O) groups is 1. The number of phenolic OH excluding ortho intramolecular Hbond substituents is 1. The molecule has 1 amide bonds. The summed E-state index contributed by atoms with van der Waals surface area (Å²) in [6.07, 6.45) is 0. The van der Waals surface area contributed by atoms with Gasteiger partial charge in [-0.3, -0.25) is 4.79 Å². The fourth-order valence-electron chi connectivity index (χ4n) is 1.19. The van der Waals surface area contributed by atoms with Gasteiger partial charge in [0.05, 0.1) is 12.1 Å². The predicted molar refractivity (Wildman–Crippen MR) is 55.2 cm³/mol. The molecule has 0 spiro atoms. The molecule has 0 atom stereocenters. The number of phenols is 1. The Bertz CT molecular complexity index is 455. The van der Waals surface area contributed by atoms with E-state index >= 15 is 0 Å². The largest absolute Gasteiger partial charge is 0.508 e. The second-order valence-electron chi connectivity index (χ2n) is 3.03. The molecule has 80 valence electrons. The number of nitrogens with zero attached hydrogens (tertiary/aromatic N) is 3. The highest BCUT2D eigenvalue weighted by molar-refractivity contribution is 5.94. The first-order valence-corrected chi connectivity index (χ1v) is 4.51. The third kappa shape index (κ3) is 2.73. The molecule has 0 aliphatic heterocycles. The number of carbonyl (C=O) groups excluding carboxylic acids is 1. The zero-order valence-corrected chi connectivity index (χ0v) is 8.42. The van der Waals surface area contributed by atoms with E-state index < -0.39 is 5.91 Å². The lowest BCUT2D eigenvalue weighted by Crippen LogP contribution is -2.31. The Morgan fingerprint density at radius 2 is 1.94 bits per heavy atom. The first-order chi connectivity index (χ1) is 7.69. The summed E-state index contributed by atoms with van der Waals surface area (Å²) in [5.74, 6) is -0.473. The number of nitriles is 2. The standard InChI is InChI=1S/C11H9N3O2/c12-4-6-14(7-5-13)11(16)9-2-1-3-10(15)8-9/h1-3,8,15H,6-7H2. The number of rotatable bonds is 3. The number of hydrogen-bond acceptors (Lipinski definition) is 4. The summed E-state index contributed by atoms with van der Waals surface area (Å²) in [4.78, 5) is 12.9. The van der Waals surface area contributed by atoms with Crippen LogP contribution in [0.1, 0.15) is 10.4 Å². The van der Waals surface area contributed by atoms with Crippen molar-refractivity contribution >= 4 is 5.91 Å². The van der Waals surface area contributed by atoms with Crippen LogP contribution in [0.15, 0.2) is 24.3 Å². The number of amides is 1.